The summed E-state index contributed by atoms with van der Waals surface area (Å²) in [5, 5.41) is 8.51. The van der Waals surface area contributed by atoms with Crippen LogP contribution in [0.25, 0.3) is 0 Å². The first-order chi connectivity index (χ1) is 8.24. The number of alkyl halides is 3. The summed E-state index contributed by atoms with van der Waals surface area (Å²) in [5.41, 5.74) is -0.292. The molecule has 1 aliphatic rings. The van der Waals surface area contributed by atoms with Crippen LogP contribution >= 0.6 is 0 Å². The summed E-state index contributed by atoms with van der Waals surface area (Å²) in [6.07, 6.45) is -0.924. The van der Waals surface area contributed by atoms with Gasteiger partial charge in [-0.1, -0.05) is 6.08 Å². The molecule has 0 aromatic carbocycles. The molecular formula is C12H18F3N3. The van der Waals surface area contributed by atoms with Crippen LogP contribution in [0.15, 0.2) is 12.2 Å². The van der Waals surface area contributed by atoms with E-state index in [-0.39, 0.29) is 5.54 Å². The molecule has 0 spiro atoms. The predicted octanol–water partition coefficient (Wildman–Crippen LogP) is 2.02. The van der Waals surface area contributed by atoms with Crippen LogP contribution < -0.4 is 0 Å². The van der Waals surface area contributed by atoms with Crippen molar-refractivity contribution in [1.29, 1.82) is 5.26 Å². The highest BCUT2D eigenvalue weighted by Crippen LogP contribution is 2.21. The molecule has 102 valence electrons. The second-order valence-corrected chi connectivity index (χ2v) is 4.99. The first-order valence-electron chi connectivity index (χ1n) is 5.86. The van der Waals surface area contributed by atoms with Gasteiger partial charge in [0.1, 0.15) is 0 Å². The van der Waals surface area contributed by atoms with Gasteiger partial charge in [-0.05, 0) is 13.8 Å². The minimum Gasteiger partial charge on any atom is -0.292 e. The highest BCUT2D eigenvalue weighted by Gasteiger charge is 2.34. The van der Waals surface area contributed by atoms with Crippen molar-refractivity contribution in [2.75, 3.05) is 32.7 Å². The quantitative estimate of drug-likeness (QED) is 0.728. The van der Waals surface area contributed by atoms with Gasteiger partial charge >= 0.3 is 6.18 Å². The van der Waals surface area contributed by atoms with Gasteiger partial charge in [-0.15, -0.1) is 0 Å². The van der Waals surface area contributed by atoms with Crippen LogP contribution in [0.2, 0.25) is 0 Å². The molecule has 0 radical (unpaired) electrons. The number of nitrogens with zero attached hydrogens (tertiary/aromatic N) is 3. The molecule has 1 fully saturated rings. The third-order valence-electron chi connectivity index (χ3n) is 3.16. The van der Waals surface area contributed by atoms with Gasteiger partial charge in [0.25, 0.3) is 0 Å². The Morgan fingerprint density at radius 1 is 1.17 bits per heavy atom. The lowest BCUT2D eigenvalue weighted by Crippen LogP contribution is -2.55. The zero-order chi connectivity index (χ0) is 13.8. The van der Waals surface area contributed by atoms with E-state index in [1.807, 2.05) is 19.9 Å². The van der Waals surface area contributed by atoms with Crippen LogP contribution in [0.1, 0.15) is 13.8 Å². The second-order valence-electron chi connectivity index (χ2n) is 4.99. The topological polar surface area (TPSA) is 30.3 Å². The van der Waals surface area contributed by atoms with Crippen LogP contribution in [-0.4, -0.2) is 54.2 Å². The highest BCUT2D eigenvalue weighted by atomic mass is 19.4. The minimum atomic E-state index is -4.13. The van der Waals surface area contributed by atoms with Gasteiger partial charge in [-0.25, -0.2) is 0 Å². The molecule has 0 N–H and O–H groups in total. The van der Waals surface area contributed by atoms with Crippen molar-refractivity contribution >= 4 is 0 Å². The van der Waals surface area contributed by atoms with Crippen LogP contribution in [-0.2, 0) is 0 Å². The smallest absolute Gasteiger partial charge is 0.292 e. The molecule has 1 aliphatic heterocycles. The van der Waals surface area contributed by atoms with Gasteiger partial charge in [0.15, 0.2) is 0 Å². The fourth-order valence-corrected chi connectivity index (χ4v) is 2.08. The van der Waals surface area contributed by atoms with E-state index in [4.69, 9.17) is 5.26 Å². The van der Waals surface area contributed by atoms with E-state index < -0.39 is 12.7 Å². The zero-order valence-electron chi connectivity index (χ0n) is 10.7. The summed E-state index contributed by atoms with van der Waals surface area (Å²) in [6, 6.07) is 1.94. The van der Waals surface area contributed by atoms with Crippen molar-refractivity contribution in [1.82, 2.24) is 9.80 Å². The Morgan fingerprint density at radius 2 is 1.72 bits per heavy atom. The molecule has 0 atom stereocenters. The van der Waals surface area contributed by atoms with Crippen molar-refractivity contribution < 1.29 is 13.2 Å². The molecule has 6 heteroatoms. The molecule has 1 heterocycles. The van der Waals surface area contributed by atoms with E-state index in [9.17, 15) is 13.2 Å². The number of hydrogen-bond donors (Lipinski definition) is 0. The third kappa shape index (κ3) is 4.67. The number of hydrogen-bond acceptors (Lipinski definition) is 3. The van der Waals surface area contributed by atoms with Crippen molar-refractivity contribution in [2.24, 2.45) is 0 Å². The molecule has 0 saturated carbocycles. The first-order valence-corrected chi connectivity index (χ1v) is 5.86. The van der Waals surface area contributed by atoms with Gasteiger partial charge in [0.2, 0.25) is 0 Å². The Hall–Kier alpha value is -1.06. The van der Waals surface area contributed by atoms with Crippen LogP contribution in [0.4, 0.5) is 13.2 Å². The van der Waals surface area contributed by atoms with E-state index in [0.29, 0.717) is 26.2 Å². The van der Waals surface area contributed by atoms with Gasteiger partial charge in [0, 0.05) is 37.8 Å². The van der Waals surface area contributed by atoms with E-state index in [2.05, 4.69) is 4.90 Å². The molecule has 1 rings (SSSR count). The summed E-state index contributed by atoms with van der Waals surface area (Å²) in [7, 11) is 0. The largest absolute Gasteiger partial charge is 0.401 e. The van der Waals surface area contributed by atoms with Crippen molar-refractivity contribution in [2.45, 2.75) is 25.6 Å². The molecule has 18 heavy (non-hydrogen) atoms. The minimum absolute atomic E-state index is 0.292. The number of halogens is 3. The Bertz CT molecular complexity index is 333. The van der Waals surface area contributed by atoms with Gasteiger partial charge in [-0.2, -0.15) is 18.4 Å². The maximum absolute atomic E-state index is 12.2. The predicted molar refractivity (Wildman–Crippen MR) is 62.9 cm³/mol. The maximum Gasteiger partial charge on any atom is 0.401 e. The van der Waals surface area contributed by atoms with Crippen LogP contribution in [0, 0.1) is 11.3 Å². The number of piperazine rings is 1. The Kier molecular flexibility index (Phi) is 4.77. The SMILES string of the molecule is CC(C)(C=CC#N)N1CCN(CC(F)(F)F)CC1. The molecule has 0 aliphatic carbocycles. The van der Waals surface area contributed by atoms with Crippen LogP contribution in [0.5, 0.6) is 0 Å². The second kappa shape index (κ2) is 5.72. The van der Waals surface area contributed by atoms with E-state index in [0.717, 1.165) is 0 Å². The maximum atomic E-state index is 12.2. The fourth-order valence-electron chi connectivity index (χ4n) is 2.08. The van der Waals surface area contributed by atoms with Crippen molar-refractivity contribution in [3.05, 3.63) is 12.2 Å². The molecule has 0 amide bonds. The Labute approximate surface area is 105 Å². The third-order valence-corrected chi connectivity index (χ3v) is 3.16. The molecular weight excluding hydrogens is 243 g/mol. The molecule has 0 aromatic heterocycles. The Balaban J connectivity index is 2.49. The number of allylic oxidation sites excluding steroid dienone is 1. The van der Waals surface area contributed by atoms with Gasteiger partial charge in [-0.3, -0.25) is 9.80 Å². The fraction of sp³-hybridized carbons (Fsp3) is 0.750. The molecule has 3 nitrogen and oxygen atoms in total. The lowest BCUT2D eigenvalue weighted by molar-refractivity contribution is -0.150. The van der Waals surface area contributed by atoms with Crippen molar-refractivity contribution in [3.63, 3.8) is 0 Å². The van der Waals surface area contributed by atoms with E-state index >= 15 is 0 Å². The molecule has 0 bridgehead atoms. The summed E-state index contributed by atoms with van der Waals surface area (Å²) in [5.74, 6) is 0. The average Bonchev–Trinajstić information content (AvgIpc) is 2.25. The summed E-state index contributed by atoms with van der Waals surface area (Å²) < 4.78 is 36.7. The van der Waals surface area contributed by atoms with E-state index in [1.165, 1.54) is 11.0 Å². The molecule has 0 unspecified atom stereocenters. The molecule has 0 aromatic rings. The lowest BCUT2D eigenvalue weighted by Gasteiger charge is -2.42. The normalized spacial score (nSPS) is 20.2. The van der Waals surface area contributed by atoms with Crippen LogP contribution in [0.3, 0.4) is 0 Å². The van der Waals surface area contributed by atoms with Gasteiger partial charge in [0.05, 0.1) is 12.6 Å². The summed E-state index contributed by atoms with van der Waals surface area (Å²) >= 11 is 0. The lowest BCUT2D eigenvalue weighted by atomic mass is 10.0. The summed E-state index contributed by atoms with van der Waals surface area (Å²) in [4.78, 5) is 3.51. The standard InChI is InChI=1S/C12H18F3N3/c1-11(2,4-3-5-16)18-8-6-17(7-9-18)10-12(13,14)15/h3-4H,6-10H2,1-2H3. The monoisotopic (exact) mass is 261 g/mol. The number of nitriles is 1. The highest BCUT2D eigenvalue weighted by molar-refractivity contribution is 5.11. The molecule has 1 saturated heterocycles. The van der Waals surface area contributed by atoms with E-state index in [1.54, 1.807) is 6.08 Å². The summed E-state index contributed by atoms with van der Waals surface area (Å²) in [6.45, 7) is 5.06. The Morgan fingerprint density at radius 3 is 2.17 bits per heavy atom. The van der Waals surface area contributed by atoms with Crippen molar-refractivity contribution in [3.8, 4) is 6.07 Å². The first kappa shape index (κ1) is 15.0. The van der Waals surface area contributed by atoms with Gasteiger partial charge < -0.3 is 0 Å². The average molecular weight is 261 g/mol. The zero-order valence-corrected chi connectivity index (χ0v) is 10.7. The number of rotatable bonds is 3.